The molecule has 1 fully saturated rings. The first-order valence-corrected chi connectivity index (χ1v) is 11.2. The molecule has 2 aromatic carbocycles. The summed E-state index contributed by atoms with van der Waals surface area (Å²) in [6, 6.07) is 14.1. The number of nitrogens with zero attached hydrogens (tertiary/aromatic N) is 2. The number of ketones is 1. The molecule has 0 aromatic heterocycles. The smallest absolute Gasteiger partial charge is 0.295 e. The van der Waals surface area contributed by atoms with Gasteiger partial charge in [0.25, 0.3) is 11.7 Å². The average Bonchev–Trinajstić information content (AvgIpc) is 3.03. The van der Waals surface area contributed by atoms with Gasteiger partial charge in [-0.1, -0.05) is 45.0 Å². The summed E-state index contributed by atoms with van der Waals surface area (Å²) in [7, 11) is 5.51. The Kier molecular flexibility index (Phi) is 7.28. The van der Waals surface area contributed by atoms with Crippen molar-refractivity contribution in [1.29, 1.82) is 0 Å². The van der Waals surface area contributed by atoms with Crippen molar-refractivity contribution in [3.63, 3.8) is 0 Å². The fourth-order valence-corrected chi connectivity index (χ4v) is 4.08. The van der Waals surface area contributed by atoms with Gasteiger partial charge in [0.15, 0.2) is 0 Å². The SMILES string of the molecule is COc1ccc(/C(O)=C2\C(=O)C(=O)N(CCCN(C)C)[C@H]2c2ccc(C(C)(C)C)cc2)cc1. The zero-order valence-electron chi connectivity index (χ0n) is 20.4. The lowest BCUT2D eigenvalue weighted by Gasteiger charge is -2.27. The molecule has 176 valence electrons. The molecule has 1 aliphatic heterocycles. The molecule has 0 aliphatic carbocycles. The highest BCUT2D eigenvalue weighted by Gasteiger charge is 2.45. The molecule has 1 heterocycles. The van der Waals surface area contributed by atoms with Crippen LogP contribution in [0.3, 0.4) is 0 Å². The highest BCUT2D eigenvalue weighted by Crippen LogP contribution is 2.40. The first-order valence-electron chi connectivity index (χ1n) is 11.2. The standard InChI is InChI=1S/C27H34N2O4/c1-27(2,3)20-12-8-18(9-13-20)23-22(24(30)19-10-14-21(33-6)15-11-19)25(31)26(32)29(23)17-7-16-28(4)5/h8-15,23,30H,7,16-17H2,1-6H3/b24-22+/t23-/m0/s1. The molecule has 1 saturated heterocycles. The highest BCUT2D eigenvalue weighted by atomic mass is 16.5. The Labute approximate surface area is 196 Å². The van der Waals surface area contributed by atoms with Crippen LogP contribution in [0.1, 0.15) is 49.9 Å². The molecule has 6 heteroatoms. The Balaban J connectivity index is 2.08. The zero-order valence-corrected chi connectivity index (χ0v) is 20.4. The van der Waals surface area contributed by atoms with Crippen molar-refractivity contribution in [3.8, 4) is 5.75 Å². The molecule has 0 unspecified atom stereocenters. The van der Waals surface area contributed by atoms with Crippen LogP contribution in [0.15, 0.2) is 54.1 Å². The van der Waals surface area contributed by atoms with E-state index in [1.165, 1.54) is 0 Å². The summed E-state index contributed by atoms with van der Waals surface area (Å²) >= 11 is 0. The van der Waals surface area contributed by atoms with Crippen LogP contribution < -0.4 is 4.74 Å². The van der Waals surface area contributed by atoms with Crippen LogP contribution in [0, 0.1) is 0 Å². The van der Waals surface area contributed by atoms with Gasteiger partial charge in [-0.3, -0.25) is 9.59 Å². The van der Waals surface area contributed by atoms with Crippen LogP contribution in [0.2, 0.25) is 0 Å². The Morgan fingerprint density at radius 3 is 2.15 bits per heavy atom. The Morgan fingerprint density at radius 2 is 1.64 bits per heavy atom. The van der Waals surface area contributed by atoms with Crippen molar-refractivity contribution in [2.24, 2.45) is 0 Å². The highest BCUT2D eigenvalue weighted by molar-refractivity contribution is 6.46. The van der Waals surface area contributed by atoms with Crippen molar-refractivity contribution in [3.05, 3.63) is 70.8 Å². The summed E-state index contributed by atoms with van der Waals surface area (Å²) in [5.74, 6) is -0.757. The van der Waals surface area contributed by atoms with Crippen molar-refractivity contribution in [2.75, 3.05) is 34.3 Å². The number of ether oxygens (including phenoxy) is 1. The maximum atomic E-state index is 13.1. The van der Waals surface area contributed by atoms with E-state index in [2.05, 4.69) is 20.8 Å². The third-order valence-corrected chi connectivity index (χ3v) is 6.00. The van der Waals surface area contributed by atoms with Gasteiger partial charge >= 0.3 is 0 Å². The van der Waals surface area contributed by atoms with Crippen LogP contribution in [-0.4, -0.2) is 60.9 Å². The van der Waals surface area contributed by atoms with Gasteiger partial charge in [0.2, 0.25) is 0 Å². The van der Waals surface area contributed by atoms with Crippen LogP contribution in [0.5, 0.6) is 5.75 Å². The van der Waals surface area contributed by atoms with Gasteiger partial charge in [-0.05, 0) is 67.9 Å². The van der Waals surface area contributed by atoms with Gasteiger partial charge in [0.1, 0.15) is 11.5 Å². The minimum absolute atomic E-state index is 0.0187. The van der Waals surface area contributed by atoms with Gasteiger partial charge in [-0.2, -0.15) is 0 Å². The molecule has 1 amide bonds. The summed E-state index contributed by atoms with van der Waals surface area (Å²) in [4.78, 5) is 29.8. The predicted octanol–water partition coefficient (Wildman–Crippen LogP) is 4.37. The zero-order chi connectivity index (χ0) is 24.3. The molecule has 33 heavy (non-hydrogen) atoms. The lowest BCUT2D eigenvalue weighted by atomic mass is 9.85. The Morgan fingerprint density at radius 1 is 1.03 bits per heavy atom. The number of hydrogen-bond donors (Lipinski definition) is 1. The third-order valence-electron chi connectivity index (χ3n) is 6.00. The molecule has 6 nitrogen and oxygen atoms in total. The molecule has 2 aromatic rings. The van der Waals surface area contributed by atoms with Gasteiger partial charge in [-0.25, -0.2) is 0 Å². The van der Waals surface area contributed by atoms with E-state index in [4.69, 9.17) is 4.74 Å². The first kappa shape index (κ1) is 24.5. The lowest BCUT2D eigenvalue weighted by molar-refractivity contribution is -0.139. The van der Waals surface area contributed by atoms with E-state index in [0.29, 0.717) is 17.9 Å². The number of likely N-dealkylation sites (tertiary alicyclic amines) is 1. The van der Waals surface area contributed by atoms with Crippen molar-refractivity contribution in [1.82, 2.24) is 9.80 Å². The maximum absolute atomic E-state index is 13.1. The number of methoxy groups -OCH3 is 1. The molecule has 1 atom stereocenters. The van der Waals surface area contributed by atoms with Crippen LogP contribution >= 0.6 is 0 Å². The second-order valence-electron chi connectivity index (χ2n) is 9.75. The molecule has 0 spiro atoms. The van der Waals surface area contributed by atoms with E-state index in [0.717, 1.165) is 24.1 Å². The first-order chi connectivity index (χ1) is 15.5. The topological polar surface area (TPSA) is 70.1 Å². The van der Waals surface area contributed by atoms with E-state index in [9.17, 15) is 14.7 Å². The fraction of sp³-hybridized carbons (Fsp3) is 0.407. The largest absolute Gasteiger partial charge is 0.507 e. The molecule has 0 bridgehead atoms. The van der Waals surface area contributed by atoms with E-state index in [1.807, 2.05) is 43.3 Å². The van der Waals surface area contributed by atoms with Crippen molar-refractivity contribution in [2.45, 2.75) is 38.6 Å². The lowest BCUT2D eigenvalue weighted by Crippen LogP contribution is -2.32. The molecule has 0 radical (unpaired) electrons. The summed E-state index contributed by atoms with van der Waals surface area (Å²) in [5, 5.41) is 11.1. The van der Waals surface area contributed by atoms with Crippen molar-refractivity contribution >= 4 is 17.4 Å². The number of carbonyl (C=O) groups excluding carboxylic acids is 2. The second kappa shape index (κ2) is 9.79. The second-order valence-corrected chi connectivity index (χ2v) is 9.75. The van der Waals surface area contributed by atoms with Gasteiger partial charge in [0.05, 0.1) is 18.7 Å². The van der Waals surface area contributed by atoms with Crippen LogP contribution in [0.4, 0.5) is 0 Å². The summed E-state index contributed by atoms with van der Waals surface area (Å²) in [6.07, 6.45) is 0.721. The maximum Gasteiger partial charge on any atom is 0.295 e. The number of aliphatic hydroxyl groups excluding tert-OH is 1. The molecule has 1 aliphatic rings. The van der Waals surface area contributed by atoms with E-state index < -0.39 is 17.7 Å². The number of carbonyl (C=O) groups is 2. The Bertz CT molecular complexity index is 1030. The summed E-state index contributed by atoms with van der Waals surface area (Å²) in [5.41, 5.74) is 2.54. The quantitative estimate of drug-likeness (QED) is 0.385. The van der Waals surface area contributed by atoms with E-state index in [-0.39, 0.29) is 16.7 Å². The minimum Gasteiger partial charge on any atom is -0.507 e. The molecular weight excluding hydrogens is 416 g/mol. The molecule has 1 N–H and O–H groups in total. The summed E-state index contributed by atoms with van der Waals surface area (Å²) in [6.45, 7) is 7.63. The number of Topliss-reactive ketones (excluding diaryl/α,β-unsaturated/α-hetero) is 1. The van der Waals surface area contributed by atoms with Gasteiger partial charge in [0, 0.05) is 12.1 Å². The number of hydrogen-bond acceptors (Lipinski definition) is 5. The molecule has 3 rings (SSSR count). The van der Waals surface area contributed by atoms with Crippen molar-refractivity contribution < 1.29 is 19.4 Å². The van der Waals surface area contributed by atoms with Gasteiger partial charge < -0.3 is 19.6 Å². The Hall–Kier alpha value is -3.12. The molecule has 0 saturated carbocycles. The minimum atomic E-state index is -0.655. The number of amides is 1. The van der Waals surface area contributed by atoms with Gasteiger partial charge in [-0.15, -0.1) is 0 Å². The monoisotopic (exact) mass is 450 g/mol. The van der Waals surface area contributed by atoms with Crippen LogP contribution in [0.25, 0.3) is 5.76 Å². The summed E-state index contributed by atoms with van der Waals surface area (Å²) < 4.78 is 5.19. The number of benzene rings is 2. The van der Waals surface area contributed by atoms with E-state index >= 15 is 0 Å². The molecular formula is C27H34N2O4. The number of aliphatic hydroxyl groups is 1. The van der Waals surface area contributed by atoms with Crippen LogP contribution in [-0.2, 0) is 15.0 Å². The third kappa shape index (κ3) is 5.28. The number of rotatable bonds is 7. The average molecular weight is 451 g/mol. The van der Waals surface area contributed by atoms with E-state index in [1.54, 1.807) is 36.3 Å². The fourth-order valence-electron chi connectivity index (χ4n) is 4.08. The predicted molar refractivity (Wildman–Crippen MR) is 130 cm³/mol. The normalized spacial score (nSPS) is 18.3.